The first-order valence-corrected chi connectivity index (χ1v) is 5.14. The highest BCUT2D eigenvalue weighted by molar-refractivity contribution is 5.97. The molecular weight excluding hydrogens is 192 g/mol. The Kier molecular flexibility index (Phi) is 3.17. The number of nitrogens with one attached hydrogen (secondary N) is 1. The molecule has 1 fully saturated rings. The minimum absolute atomic E-state index is 0.0207. The van der Waals surface area contributed by atoms with Crippen LogP contribution in [0.3, 0.4) is 0 Å². The summed E-state index contributed by atoms with van der Waals surface area (Å²) in [5.74, 6) is -0.118. The summed E-state index contributed by atoms with van der Waals surface area (Å²) in [5, 5.41) is 2.74. The van der Waals surface area contributed by atoms with Crippen molar-refractivity contribution in [3.63, 3.8) is 0 Å². The van der Waals surface area contributed by atoms with Gasteiger partial charge < -0.3 is 10.2 Å². The quantitative estimate of drug-likeness (QED) is 0.697. The van der Waals surface area contributed by atoms with E-state index in [0.29, 0.717) is 13.0 Å². The standard InChI is InChI=1S/C11H18N2O2/c1-5-11(4)10(15)13(6-8(2)3)7-9(14)12-11/h2,5-7H2,1,3-4H3,(H,12,14). The smallest absolute Gasteiger partial charge is 0.248 e. The van der Waals surface area contributed by atoms with Crippen LogP contribution >= 0.6 is 0 Å². The average Bonchev–Trinajstić information content (AvgIpc) is 2.12. The van der Waals surface area contributed by atoms with Gasteiger partial charge in [-0.15, -0.1) is 0 Å². The van der Waals surface area contributed by atoms with E-state index >= 15 is 0 Å². The molecule has 0 aliphatic carbocycles. The molecule has 1 unspecified atom stereocenters. The Labute approximate surface area is 90.3 Å². The summed E-state index contributed by atoms with van der Waals surface area (Å²) in [6, 6.07) is 0. The minimum atomic E-state index is -0.745. The van der Waals surface area contributed by atoms with Crippen LogP contribution in [0, 0.1) is 0 Å². The van der Waals surface area contributed by atoms with Gasteiger partial charge in [0.15, 0.2) is 0 Å². The van der Waals surface area contributed by atoms with E-state index in [9.17, 15) is 9.59 Å². The number of hydrogen-bond acceptors (Lipinski definition) is 2. The van der Waals surface area contributed by atoms with Crippen LogP contribution in [0.15, 0.2) is 12.2 Å². The fourth-order valence-corrected chi connectivity index (χ4v) is 1.69. The molecule has 1 aliphatic heterocycles. The molecule has 1 N–H and O–H groups in total. The molecule has 1 atom stereocenters. The lowest BCUT2D eigenvalue weighted by Crippen LogP contribution is -2.65. The van der Waals surface area contributed by atoms with Crippen molar-refractivity contribution in [2.24, 2.45) is 0 Å². The SMILES string of the molecule is C=C(C)CN1CC(=O)NC(C)(CC)C1=O. The van der Waals surface area contributed by atoms with Gasteiger partial charge in [-0.2, -0.15) is 0 Å². The number of amides is 2. The van der Waals surface area contributed by atoms with Crippen molar-refractivity contribution < 1.29 is 9.59 Å². The topological polar surface area (TPSA) is 49.4 Å². The summed E-state index contributed by atoms with van der Waals surface area (Å²) in [6.07, 6.45) is 0.601. The lowest BCUT2D eigenvalue weighted by Gasteiger charge is -2.39. The van der Waals surface area contributed by atoms with E-state index in [1.165, 1.54) is 0 Å². The summed E-state index contributed by atoms with van der Waals surface area (Å²) in [6.45, 7) is 9.86. The fourth-order valence-electron chi connectivity index (χ4n) is 1.69. The van der Waals surface area contributed by atoms with Crippen LogP contribution in [0.5, 0.6) is 0 Å². The summed E-state index contributed by atoms with van der Waals surface area (Å²) in [5.41, 5.74) is 0.140. The van der Waals surface area contributed by atoms with E-state index in [1.807, 2.05) is 13.8 Å². The molecule has 1 rings (SSSR count). The van der Waals surface area contributed by atoms with E-state index < -0.39 is 5.54 Å². The van der Waals surface area contributed by atoms with Gasteiger partial charge in [-0.1, -0.05) is 19.1 Å². The van der Waals surface area contributed by atoms with Crippen LogP contribution < -0.4 is 5.32 Å². The molecule has 0 radical (unpaired) electrons. The van der Waals surface area contributed by atoms with Crippen LogP contribution in [0.2, 0.25) is 0 Å². The predicted octanol–water partition coefficient (Wildman–Crippen LogP) is 0.690. The molecule has 84 valence electrons. The van der Waals surface area contributed by atoms with Crippen LogP contribution in [-0.4, -0.2) is 35.3 Å². The molecule has 15 heavy (non-hydrogen) atoms. The normalized spacial score (nSPS) is 26.5. The molecule has 0 aromatic carbocycles. The highest BCUT2D eigenvalue weighted by Gasteiger charge is 2.41. The molecule has 0 spiro atoms. The van der Waals surface area contributed by atoms with Crippen molar-refractivity contribution in [2.75, 3.05) is 13.1 Å². The second kappa shape index (κ2) is 4.04. The molecule has 2 amide bonds. The van der Waals surface area contributed by atoms with Gasteiger partial charge in [-0.05, 0) is 20.3 Å². The third-order valence-electron chi connectivity index (χ3n) is 2.68. The van der Waals surface area contributed by atoms with Crippen LogP contribution in [0.1, 0.15) is 27.2 Å². The maximum absolute atomic E-state index is 12.0. The largest absolute Gasteiger partial charge is 0.340 e. The lowest BCUT2D eigenvalue weighted by atomic mass is 9.94. The lowest BCUT2D eigenvalue weighted by molar-refractivity contribution is -0.148. The van der Waals surface area contributed by atoms with Crippen molar-refractivity contribution in [1.82, 2.24) is 10.2 Å². The Balaban J connectivity index is 2.86. The van der Waals surface area contributed by atoms with Gasteiger partial charge in [0.2, 0.25) is 11.8 Å². The van der Waals surface area contributed by atoms with E-state index in [2.05, 4.69) is 11.9 Å². The summed E-state index contributed by atoms with van der Waals surface area (Å²) >= 11 is 0. The van der Waals surface area contributed by atoms with Gasteiger partial charge in [0, 0.05) is 6.54 Å². The molecule has 4 heteroatoms. The van der Waals surface area contributed by atoms with Gasteiger partial charge in [-0.25, -0.2) is 0 Å². The van der Waals surface area contributed by atoms with Crippen molar-refractivity contribution in [2.45, 2.75) is 32.7 Å². The molecule has 1 heterocycles. The van der Waals surface area contributed by atoms with Gasteiger partial charge >= 0.3 is 0 Å². The number of carbonyl (C=O) groups excluding carboxylic acids is 2. The molecule has 1 saturated heterocycles. The zero-order valence-corrected chi connectivity index (χ0v) is 9.59. The Morgan fingerprint density at radius 3 is 2.67 bits per heavy atom. The average molecular weight is 210 g/mol. The first-order valence-electron chi connectivity index (χ1n) is 5.14. The second-order valence-electron chi connectivity index (χ2n) is 4.35. The van der Waals surface area contributed by atoms with Gasteiger partial charge in [0.05, 0.1) is 6.54 Å². The number of rotatable bonds is 3. The first kappa shape index (κ1) is 11.8. The van der Waals surface area contributed by atoms with Crippen LogP contribution in [0.25, 0.3) is 0 Å². The Bertz CT molecular complexity index is 310. The Hall–Kier alpha value is -1.32. The van der Waals surface area contributed by atoms with E-state index in [0.717, 1.165) is 5.57 Å². The summed E-state index contributed by atoms with van der Waals surface area (Å²) in [4.78, 5) is 25.0. The third-order valence-corrected chi connectivity index (χ3v) is 2.68. The van der Waals surface area contributed by atoms with Gasteiger partial charge in [0.25, 0.3) is 0 Å². The molecule has 0 saturated carbocycles. The maximum atomic E-state index is 12.0. The Morgan fingerprint density at radius 2 is 2.20 bits per heavy atom. The predicted molar refractivity (Wildman–Crippen MR) is 58.2 cm³/mol. The van der Waals surface area contributed by atoms with Crippen molar-refractivity contribution in [3.05, 3.63) is 12.2 Å². The van der Waals surface area contributed by atoms with Crippen LogP contribution in [0.4, 0.5) is 0 Å². The summed E-state index contributed by atoms with van der Waals surface area (Å²) < 4.78 is 0. The molecule has 1 aliphatic rings. The van der Waals surface area contributed by atoms with Gasteiger partial charge in [0.1, 0.15) is 5.54 Å². The van der Waals surface area contributed by atoms with E-state index in [1.54, 1.807) is 11.8 Å². The number of carbonyl (C=O) groups is 2. The highest BCUT2D eigenvalue weighted by Crippen LogP contribution is 2.18. The third kappa shape index (κ3) is 2.37. The van der Waals surface area contributed by atoms with Crippen LogP contribution in [-0.2, 0) is 9.59 Å². The van der Waals surface area contributed by atoms with Crippen molar-refractivity contribution >= 4 is 11.8 Å². The van der Waals surface area contributed by atoms with E-state index in [4.69, 9.17) is 0 Å². The van der Waals surface area contributed by atoms with Crippen molar-refractivity contribution in [3.8, 4) is 0 Å². The number of nitrogens with zero attached hydrogens (tertiary/aromatic N) is 1. The highest BCUT2D eigenvalue weighted by atomic mass is 16.2. The zero-order valence-electron chi connectivity index (χ0n) is 9.59. The monoisotopic (exact) mass is 210 g/mol. The molecule has 4 nitrogen and oxygen atoms in total. The zero-order chi connectivity index (χ0) is 11.6. The number of hydrogen-bond donors (Lipinski definition) is 1. The maximum Gasteiger partial charge on any atom is 0.248 e. The molecule has 0 bridgehead atoms. The molecular formula is C11H18N2O2. The van der Waals surface area contributed by atoms with Gasteiger partial charge in [-0.3, -0.25) is 9.59 Å². The molecule has 0 aromatic heterocycles. The first-order chi connectivity index (χ1) is 6.89. The summed E-state index contributed by atoms with van der Waals surface area (Å²) in [7, 11) is 0. The Morgan fingerprint density at radius 1 is 1.60 bits per heavy atom. The van der Waals surface area contributed by atoms with E-state index in [-0.39, 0.29) is 18.4 Å². The second-order valence-corrected chi connectivity index (χ2v) is 4.35. The molecule has 0 aromatic rings. The minimum Gasteiger partial charge on any atom is -0.340 e. The fraction of sp³-hybridized carbons (Fsp3) is 0.636. The van der Waals surface area contributed by atoms with Crippen molar-refractivity contribution in [1.29, 1.82) is 0 Å². The number of piperazine rings is 1.